The molecule has 1 aromatic carbocycles. The van der Waals surface area contributed by atoms with Crippen molar-refractivity contribution in [3.05, 3.63) is 35.4 Å². The Labute approximate surface area is 115 Å². The number of fused-ring (bicyclic) bond motifs is 1. The van der Waals surface area contributed by atoms with Crippen molar-refractivity contribution < 1.29 is 9.90 Å². The van der Waals surface area contributed by atoms with Gasteiger partial charge in [-0.05, 0) is 48.6 Å². The zero-order valence-corrected chi connectivity index (χ0v) is 12.2. The van der Waals surface area contributed by atoms with Crippen LogP contribution in [0.1, 0.15) is 51.2 Å². The second kappa shape index (κ2) is 4.99. The van der Waals surface area contributed by atoms with Crippen molar-refractivity contribution in [2.24, 2.45) is 10.8 Å². The maximum atomic E-state index is 11.8. The Bertz CT molecular complexity index is 470. The van der Waals surface area contributed by atoms with Crippen molar-refractivity contribution >= 4 is 5.97 Å². The molecule has 0 bridgehead atoms. The van der Waals surface area contributed by atoms with Gasteiger partial charge in [0.25, 0.3) is 0 Å². The topological polar surface area (TPSA) is 37.3 Å². The number of hydrogen-bond acceptors (Lipinski definition) is 1. The van der Waals surface area contributed by atoms with Crippen LogP contribution in [0.25, 0.3) is 0 Å². The summed E-state index contributed by atoms with van der Waals surface area (Å²) in [6.07, 6.45) is 4.10. The average molecular weight is 260 g/mol. The number of carboxylic acids is 1. The van der Waals surface area contributed by atoms with Gasteiger partial charge in [-0.1, -0.05) is 45.0 Å². The lowest BCUT2D eigenvalue weighted by Crippen LogP contribution is -2.37. The predicted molar refractivity (Wildman–Crippen MR) is 77.2 cm³/mol. The number of benzene rings is 1. The Hall–Kier alpha value is -1.31. The monoisotopic (exact) mass is 260 g/mol. The molecule has 0 saturated heterocycles. The van der Waals surface area contributed by atoms with Gasteiger partial charge in [0.05, 0.1) is 5.41 Å². The number of hydrogen-bond donors (Lipinski definition) is 1. The summed E-state index contributed by atoms with van der Waals surface area (Å²) in [5.41, 5.74) is 2.20. The zero-order valence-electron chi connectivity index (χ0n) is 12.2. The van der Waals surface area contributed by atoms with E-state index in [0.717, 1.165) is 25.7 Å². The predicted octanol–water partition coefficient (Wildman–Crippen LogP) is 4.07. The van der Waals surface area contributed by atoms with E-state index < -0.39 is 11.4 Å². The van der Waals surface area contributed by atoms with E-state index in [0.29, 0.717) is 6.42 Å². The molecular formula is C17H24O2. The van der Waals surface area contributed by atoms with Crippen molar-refractivity contribution in [3.63, 3.8) is 0 Å². The van der Waals surface area contributed by atoms with Crippen LogP contribution in [0.3, 0.4) is 0 Å². The quantitative estimate of drug-likeness (QED) is 0.889. The molecule has 1 N–H and O–H groups in total. The highest BCUT2D eigenvalue weighted by atomic mass is 16.4. The van der Waals surface area contributed by atoms with Crippen LogP contribution in [0.5, 0.6) is 0 Å². The molecule has 2 heteroatoms. The number of carbonyl (C=O) groups is 1. The summed E-state index contributed by atoms with van der Waals surface area (Å²) < 4.78 is 0. The van der Waals surface area contributed by atoms with Gasteiger partial charge in [0.1, 0.15) is 0 Å². The fraction of sp³-hybridized carbons (Fsp3) is 0.588. The number of aliphatic carboxylic acids is 1. The Morgan fingerprint density at radius 1 is 1.26 bits per heavy atom. The summed E-state index contributed by atoms with van der Waals surface area (Å²) in [5, 5.41) is 9.71. The Balaban J connectivity index is 2.21. The molecule has 1 aromatic rings. The molecule has 0 fully saturated rings. The van der Waals surface area contributed by atoms with Gasteiger partial charge in [-0.15, -0.1) is 0 Å². The standard InChI is InChI=1S/C17H24O2/c1-16(2,3)10-11-17(15(18)19)9-8-13-6-4-5-7-14(13)12-17/h4-7H,8-12H2,1-3H3,(H,18,19). The molecule has 1 unspecified atom stereocenters. The molecule has 1 aliphatic rings. The molecule has 0 spiro atoms. The van der Waals surface area contributed by atoms with Crippen LogP contribution >= 0.6 is 0 Å². The van der Waals surface area contributed by atoms with Crippen molar-refractivity contribution in [3.8, 4) is 0 Å². The van der Waals surface area contributed by atoms with E-state index >= 15 is 0 Å². The minimum absolute atomic E-state index is 0.194. The zero-order chi connectivity index (χ0) is 14.1. The minimum atomic E-state index is -0.619. The molecule has 0 aromatic heterocycles. The molecule has 2 nitrogen and oxygen atoms in total. The molecule has 0 aliphatic heterocycles. The first-order valence-electron chi connectivity index (χ1n) is 7.13. The van der Waals surface area contributed by atoms with E-state index in [2.05, 4.69) is 32.9 Å². The minimum Gasteiger partial charge on any atom is -0.481 e. The van der Waals surface area contributed by atoms with Crippen molar-refractivity contribution in [2.75, 3.05) is 0 Å². The highest BCUT2D eigenvalue weighted by Gasteiger charge is 2.41. The summed E-state index contributed by atoms with van der Waals surface area (Å²) in [7, 11) is 0. The molecule has 0 amide bonds. The lowest BCUT2D eigenvalue weighted by atomic mass is 9.67. The van der Waals surface area contributed by atoms with Crippen molar-refractivity contribution in [2.45, 2.75) is 52.9 Å². The Morgan fingerprint density at radius 3 is 2.47 bits per heavy atom. The molecule has 104 valence electrons. The van der Waals surface area contributed by atoms with Crippen molar-refractivity contribution in [1.82, 2.24) is 0 Å². The van der Waals surface area contributed by atoms with E-state index in [1.807, 2.05) is 12.1 Å². The van der Waals surface area contributed by atoms with Crippen molar-refractivity contribution in [1.29, 1.82) is 0 Å². The third-order valence-corrected chi connectivity index (χ3v) is 4.33. The van der Waals surface area contributed by atoms with Crippen LogP contribution in [0, 0.1) is 10.8 Å². The molecule has 19 heavy (non-hydrogen) atoms. The van der Waals surface area contributed by atoms with E-state index in [1.165, 1.54) is 11.1 Å². The van der Waals surface area contributed by atoms with Gasteiger partial charge in [0.15, 0.2) is 0 Å². The third kappa shape index (κ3) is 3.17. The lowest BCUT2D eigenvalue weighted by molar-refractivity contribution is -0.150. The van der Waals surface area contributed by atoms with Crippen LogP contribution in [0.4, 0.5) is 0 Å². The van der Waals surface area contributed by atoms with Gasteiger partial charge in [0.2, 0.25) is 0 Å². The summed E-state index contributed by atoms with van der Waals surface area (Å²) in [6, 6.07) is 8.27. The van der Waals surface area contributed by atoms with Crippen LogP contribution in [0.2, 0.25) is 0 Å². The molecule has 2 rings (SSSR count). The van der Waals surface area contributed by atoms with E-state index in [-0.39, 0.29) is 5.41 Å². The first-order valence-corrected chi connectivity index (χ1v) is 7.13. The van der Waals surface area contributed by atoms with Gasteiger partial charge in [-0.2, -0.15) is 0 Å². The molecular weight excluding hydrogens is 236 g/mol. The molecule has 1 atom stereocenters. The van der Waals surface area contributed by atoms with E-state index in [9.17, 15) is 9.90 Å². The van der Waals surface area contributed by atoms with E-state index in [4.69, 9.17) is 0 Å². The number of aryl methyl sites for hydroxylation is 1. The highest BCUT2D eigenvalue weighted by Crippen LogP contribution is 2.41. The second-order valence-electron chi connectivity index (χ2n) is 7.09. The lowest BCUT2D eigenvalue weighted by Gasteiger charge is -2.36. The Morgan fingerprint density at radius 2 is 1.89 bits per heavy atom. The molecule has 0 radical (unpaired) electrons. The average Bonchev–Trinajstić information content (AvgIpc) is 2.35. The number of carboxylic acid groups (broad SMARTS) is 1. The second-order valence-corrected chi connectivity index (χ2v) is 7.09. The molecule has 0 heterocycles. The Kier molecular flexibility index (Phi) is 3.71. The normalized spacial score (nSPS) is 22.9. The van der Waals surface area contributed by atoms with Gasteiger partial charge in [0, 0.05) is 0 Å². The first-order chi connectivity index (χ1) is 8.82. The fourth-order valence-corrected chi connectivity index (χ4v) is 2.92. The summed E-state index contributed by atoms with van der Waals surface area (Å²) in [5.74, 6) is -0.619. The number of rotatable bonds is 3. The SMILES string of the molecule is CC(C)(C)CCC1(C(=O)O)CCc2ccccc2C1. The van der Waals surface area contributed by atoms with Crippen LogP contribution in [0.15, 0.2) is 24.3 Å². The maximum Gasteiger partial charge on any atom is 0.309 e. The molecule has 0 saturated carbocycles. The van der Waals surface area contributed by atoms with E-state index in [1.54, 1.807) is 0 Å². The third-order valence-electron chi connectivity index (χ3n) is 4.33. The van der Waals surface area contributed by atoms with Crippen LogP contribution in [-0.4, -0.2) is 11.1 Å². The van der Waals surface area contributed by atoms with Crippen LogP contribution < -0.4 is 0 Å². The fourth-order valence-electron chi connectivity index (χ4n) is 2.92. The van der Waals surface area contributed by atoms with Gasteiger partial charge < -0.3 is 5.11 Å². The van der Waals surface area contributed by atoms with Gasteiger partial charge in [-0.3, -0.25) is 4.79 Å². The molecule has 1 aliphatic carbocycles. The smallest absolute Gasteiger partial charge is 0.309 e. The van der Waals surface area contributed by atoms with Crippen LogP contribution in [-0.2, 0) is 17.6 Å². The largest absolute Gasteiger partial charge is 0.481 e. The first kappa shape index (κ1) is 14.1. The summed E-state index contributed by atoms with van der Waals surface area (Å²) in [6.45, 7) is 6.54. The van der Waals surface area contributed by atoms with Gasteiger partial charge in [-0.25, -0.2) is 0 Å². The van der Waals surface area contributed by atoms with Gasteiger partial charge >= 0.3 is 5.97 Å². The maximum absolute atomic E-state index is 11.8. The summed E-state index contributed by atoms with van der Waals surface area (Å²) in [4.78, 5) is 11.8. The summed E-state index contributed by atoms with van der Waals surface area (Å²) >= 11 is 0. The highest BCUT2D eigenvalue weighted by molar-refractivity contribution is 5.75.